The molecule has 1 fully saturated rings. The predicted molar refractivity (Wildman–Crippen MR) is 93.2 cm³/mol. The van der Waals surface area contributed by atoms with E-state index in [4.69, 9.17) is 5.73 Å². The lowest BCUT2D eigenvalue weighted by Gasteiger charge is -2.20. The second kappa shape index (κ2) is 8.43. The summed E-state index contributed by atoms with van der Waals surface area (Å²) in [5.74, 6) is -0.348. The summed E-state index contributed by atoms with van der Waals surface area (Å²) in [6.07, 6.45) is 2.70. The van der Waals surface area contributed by atoms with Gasteiger partial charge in [-0.1, -0.05) is 6.42 Å². The largest absolute Gasteiger partial charge is 0.465 e. The number of halogens is 2. The van der Waals surface area contributed by atoms with Crippen molar-refractivity contribution >= 4 is 44.3 Å². The molecule has 3 N–H and O–H groups in total. The Morgan fingerprint density at radius 1 is 1.43 bits per heavy atom. The van der Waals surface area contributed by atoms with Crippen LogP contribution in [0.3, 0.4) is 0 Å². The molecule has 2 atom stereocenters. The zero-order valence-electron chi connectivity index (χ0n) is 12.6. The third-order valence-electron chi connectivity index (χ3n) is 3.91. The molecule has 130 valence electrons. The highest BCUT2D eigenvalue weighted by molar-refractivity contribution is 9.10. The van der Waals surface area contributed by atoms with Crippen LogP contribution in [-0.2, 0) is 14.8 Å². The van der Waals surface area contributed by atoms with Crippen LogP contribution in [0.15, 0.2) is 27.6 Å². The van der Waals surface area contributed by atoms with E-state index in [0.29, 0.717) is 11.0 Å². The highest BCUT2D eigenvalue weighted by Gasteiger charge is 2.31. The number of hydrogen-bond acceptors (Lipinski definition) is 5. The zero-order valence-corrected chi connectivity index (χ0v) is 15.8. The van der Waals surface area contributed by atoms with Crippen molar-refractivity contribution in [2.45, 2.75) is 30.2 Å². The summed E-state index contributed by atoms with van der Waals surface area (Å²) < 4.78 is 32.7. The van der Waals surface area contributed by atoms with Gasteiger partial charge in [0, 0.05) is 10.5 Å². The number of carbonyl (C=O) groups is 1. The Hall–Kier alpha value is -0.670. The Bertz CT molecular complexity index is 669. The molecule has 0 amide bonds. The smallest absolute Gasteiger partial charge is 0.337 e. The number of methoxy groups -OCH3 is 1. The second-order valence-corrected chi connectivity index (χ2v) is 7.83. The van der Waals surface area contributed by atoms with E-state index in [0.717, 1.165) is 19.3 Å². The summed E-state index contributed by atoms with van der Waals surface area (Å²) in [6, 6.07) is 4.13. The summed E-state index contributed by atoms with van der Waals surface area (Å²) in [5, 5.41) is 0. The van der Waals surface area contributed by atoms with Crippen LogP contribution in [0.1, 0.15) is 29.6 Å². The number of ether oxygens (including phenoxy) is 1. The Labute approximate surface area is 150 Å². The molecule has 1 aromatic rings. The molecule has 9 heteroatoms. The van der Waals surface area contributed by atoms with Crippen molar-refractivity contribution in [1.29, 1.82) is 0 Å². The van der Waals surface area contributed by atoms with Gasteiger partial charge in [0.05, 0.1) is 17.6 Å². The van der Waals surface area contributed by atoms with Crippen LogP contribution in [0.4, 0.5) is 0 Å². The van der Waals surface area contributed by atoms with Gasteiger partial charge in [-0.05, 0) is 59.4 Å². The lowest BCUT2D eigenvalue weighted by Crippen LogP contribution is -2.39. The number of sulfonamides is 1. The van der Waals surface area contributed by atoms with Crippen molar-refractivity contribution < 1.29 is 17.9 Å². The van der Waals surface area contributed by atoms with Gasteiger partial charge in [-0.15, -0.1) is 12.4 Å². The van der Waals surface area contributed by atoms with Gasteiger partial charge in [0.1, 0.15) is 0 Å². The molecule has 0 aromatic heterocycles. The number of esters is 1. The normalized spacial score (nSPS) is 20.8. The molecule has 0 radical (unpaired) electrons. The van der Waals surface area contributed by atoms with E-state index in [-0.39, 0.29) is 34.8 Å². The van der Waals surface area contributed by atoms with Crippen LogP contribution in [0.5, 0.6) is 0 Å². The highest BCUT2D eigenvalue weighted by atomic mass is 79.9. The summed E-state index contributed by atoms with van der Waals surface area (Å²) in [6.45, 7) is 0.468. The lowest BCUT2D eigenvalue weighted by atomic mass is 10.1. The van der Waals surface area contributed by atoms with Crippen LogP contribution >= 0.6 is 28.3 Å². The SMILES string of the molecule is COC(=O)c1ccc(S(=O)(=O)NC2CCCC2CN)c(Br)c1.Cl. The van der Waals surface area contributed by atoms with Crippen LogP contribution in [-0.4, -0.2) is 34.1 Å². The summed E-state index contributed by atoms with van der Waals surface area (Å²) >= 11 is 3.21. The molecule has 0 saturated heterocycles. The monoisotopic (exact) mass is 426 g/mol. The van der Waals surface area contributed by atoms with Crippen molar-refractivity contribution in [3.63, 3.8) is 0 Å². The summed E-state index contributed by atoms with van der Waals surface area (Å²) in [7, 11) is -2.40. The number of hydrogen-bond donors (Lipinski definition) is 2. The Morgan fingerprint density at radius 2 is 2.13 bits per heavy atom. The molecule has 1 aliphatic carbocycles. The third-order valence-corrected chi connectivity index (χ3v) is 6.38. The van der Waals surface area contributed by atoms with Gasteiger partial charge in [0.15, 0.2) is 0 Å². The number of benzene rings is 1. The van der Waals surface area contributed by atoms with Gasteiger partial charge in [0.2, 0.25) is 10.0 Å². The number of nitrogens with one attached hydrogen (secondary N) is 1. The van der Waals surface area contributed by atoms with Crippen LogP contribution in [0.25, 0.3) is 0 Å². The quantitative estimate of drug-likeness (QED) is 0.701. The van der Waals surface area contributed by atoms with Crippen molar-refractivity contribution in [2.24, 2.45) is 11.7 Å². The van der Waals surface area contributed by atoms with E-state index in [9.17, 15) is 13.2 Å². The molecular formula is C14H20BrClN2O4S. The van der Waals surface area contributed by atoms with Gasteiger partial charge >= 0.3 is 5.97 Å². The Kier molecular flexibility index (Phi) is 7.47. The van der Waals surface area contributed by atoms with Gasteiger partial charge in [0.25, 0.3) is 0 Å². The van der Waals surface area contributed by atoms with E-state index in [2.05, 4.69) is 25.4 Å². The fraction of sp³-hybridized carbons (Fsp3) is 0.500. The Balaban J connectivity index is 0.00000264. The zero-order chi connectivity index (χ0) is 16.3. The fourth-order valence-electron chi connectivity index (χ4n) is 2.70. The highest BCUT2D eigenvalue weighted by Crippen LogP contribution is 2.28. The number of nitrogens with two attached hydrogens (primary N) is 1. The van der Waals surface area contributed by atoms with E-state index >= 15 is 0 Å². The van der Waals surface area contributed by atoms with E-state index in [1.54, 1.807) is 0 Å². The molecule has 2 unspecified atom stereocenters. The second-order valence-electron chi connectivity index (χ2n) is 5.29. The summed E-state index contributed by atoms with van der Waals surface area (Å²) in [4.78, 5) is 11.6. The van der Waals surface area contributed by atoms with E-state index < -0.39 is 16.0 Å². The van der Waals surface area contributed by atoms with Crippen molar-refractivity contribution in [3.05, 3.63) is 28.2 Å². The van der Waals surface area contributed by atoms with Crippen molar-refractivity contribution in [3.8, 4) is 0 Å². The molecule has 0 bridgehead atoms. The predicted octanol–water partition coefficient (Wildman–Crippen LogP) is 2.06. The first-order chi connectivity index (χ1) is 10.4. The van der Waals surface area contributed by atoms with Gasteiger partial charge in [-0.25, -0.2) is 17.9 Å². The molecule has 1 aliphatic rings. The molecule has 23 heavy (non-hydrogen) atoms. The first-order valence-electron chi connectivity index (χ1n) is 6.99. The van der Waals surface area contributed by atoms with Crippen molar-refractivity contribution in [2.75, 3.05) is 13.7 Å². The molecule has 2 rings (SSSR count). The number of carbonyl (C=O) groups excluding carboxylic acids is 1. The maximum atomic E-state index is 12.5. The minimum Gasteiger partial charge on any atom is -0.465 e. The summed E-state index contributed by atoms with van der Waals surface area (Å²) in [5.41, 5.74) is 5.97. The average molecular weight is 428 g/mol. The van der Waals surface area contributed by atoms with Gasteiger partial charge < -0.3 is 10.5 Å². The van der Waals surface area contributed by atoms with E-state index in [1.165, 1.54) is 25.3 Å². The number of rotatable bonds is 5. The minimum absolute atomic E-state index is 0. The first-order valence-corrected chi connectivity index (χ1v) is 9.27. The minimum atomic E-state index is -3.67. The van der Waals surface area contributed by atoms with Crippen molar-refractivity contribution in [1.82, 2.24) is 4.72 Å². The third kappa shape index (κ3) is 4.67. The topological polar surface area (TPSA) is 98.5 Å². The molecule has 1 saturated carbocycles. The van der Waals surface area contributed by atoms with Crippen LogP contribution in [0, 0.1) is 5.92 Å². The average Bonchev–Trinajstić information content (AvgIpc) is 2.92. The molecule has 0 spiro atoms. The molecule has 0 heterocycles. The maximum Gasteiger partial charge on any atom is 0.337 e. The fourth-order valence-corrected chi connectivity index (χ4v) is 5.12. The van der Waals surface area contributed by atoms with Crippen LogP contribution in [0.2, 0.25) is 0 Å². The van der Waals surface area contributed by atoms with Gasteiger partial charge in [-0.2, -0.15) is 0 Å². The maximum absolute atomic E-state index is 12.5. The first kappa shape index (κ1) is 20.4. The van der Waals surface area contributed by atoms with Crippen LogP contribution < -0.4 is 10.5 Å². The Morgan fingerprint density at radius 3 is 2.70 bits per heavy atom. The molecular weight excluding hydrogens is 408 g/mol. The van der Waals surface area contributed by atoms with Gasteiger partial charge in [-0.3, -0.25) is 0 Å². The lowest BCUT2D eigenvalue weighted by molar-refractivity contribution is 0.0600. The molecule has 0 aliphatic heterocycles. The molecule has 1 aromatic carbocycles. The molecule has 6 nitrogen and oxygen atoms in total. The van der Waals surface area contributed by atoms with E-state index in [1.807, 2.05) is 0 Å². The standard InChI is InChI=1S/C14H19BrN2O4S.ClH/c1-21-14(18)9-5-6-13(11(15)7-9)22(19,20)17-12-4-2-3-10(12)8-16;/h5-7,10,12,17H,2-4,8,16H2,1H3;1H.